The van der Waals surface area contributed by atoms with Crippen LogP contribution in [-0.4, -0.2) is 47.1 Å². The van der Waals surface area contributed by atoms with E-state index < -0.39 is 0 Å². The Balaban J connectivity index is 2.57. The summed E-state index contributed by atoms with van der Waals surface area (Å²) >= 11 is 0. The SMILES string of the molecule is CNc1ncc(C)c(NCCN(C(C)C)C(C)C)n1. The lowest BCUT2D eigenvalue weighted by molar-refractivity contribution is 0.182. The van der Waals surface area contributed by atoms with E-state index in [0.717, 1.165) is 24.5 Å². The van der Waals surface area contributed by atoms with Gasteiger partial charge in [0.1, 0.15) is 5.82 Å². The summed E-state index contributed by atoms with van der Waals surface area (Å²) in [5.74, 6) is 1.56. The van der Waals surface area contributed by atoms with Gasteiger partial charge in [-0.2, -0.15) is 4.98 Å². The molecule has 0 aromatic carbocycles. The molecule has 0 saturated heterocycles. The van der Waals surface area contributed by atoms with Crippen molar-refractivity contribution in [2.24, 2.45) is 0 Å². The molecule has 1 aromatic rings. The van der Waals surface area contributed by atoms with E-state index in [9.17, 15) is 0 Å². The van der Waals surface area contributed by atoms with Crippen LogP contribution in [0.3, 0.4) is 0 Å². The molecule has 0 spiro atoms. The van der Waals surface area contributed by atoms with Gasteiger partial charge in [0, 0.05) is 44.0 Å². The van der Waals surface area contributed by atoms with Crippen LogP contribution >= 0.6 is 0 Å². The van der Waals surface area contributed by atoms with Gasteiger partial charge in [-0.15, -0.1) is 0 Å². The monoisotopic (exact) mass is 265 g/mol. The number of anilines is 2. The molecule has 5 nitrogen and oxygen atoms in total. The quantitative estimate of drug-likeness (QED) is 0.792. The number of nitrogens with zero attached hydrogens (tertiary/aromatic N) is 3. The van der Waals surface area contributed by atoms with Crippen molar-refractivity contribution in [3.8, 4) is 0 Å². The van der Waals surface area contributed by atoms with Gasteiger partial charge in [0.05, 0.1) is 0 Å². The number of rotatable bonds is 7. The summed E-state index contributed by atoms with van der Waals surface area (Å²) in [7, 11) is 1.83. The van der Waals surface area contributed by atoms with Crippen molar-refractivity contribution in [2.75, 3.05) is 30.8 Å². The Kier molecular flexibility index (Phi) is 6.02. The molecule has 1 aromatic heterocycles. The molecule has 2 N–H and O–H groups in total. The molecule has 108 valence electrons. The van der Waals surface area contributed by atoms with E-state index in [4.69, 9.17) is 0 Å². The Hall–Kier alpha value is -1.36. The fourth-order valence-electron chi connectivity index (χ4n) is 2.16. The molecule has 1 rings (SSSR count). The molecule has 5 heteroatoms. The Bertz CT molecular complexity index is 381. The molecule has 0 amide bonds. The van der Waals surface area contributed by atoms with E-state index in [-0.39, 0.29) is 0 Å². The van der Waals surface area contributed by atoms with Gasteiger partial charge in [-0.3, -0.25) is 4.90 Å². The molecular weight excluding hydrogens is 238 g/mol. The first-order chi connectivity index (χ1) is 8.95. The Morgan fingerprint density at radius 3 is 2.37 bits per heavy atom. The Labute approximate surface area is 116 Å². The standard InChI is InChI=1S/C14H27N5/c1-10(2)19(11(3)4)8-7-16-13-12(5)9-17-14(15-6)18-13/h9-11H,7-8H2,1-6H3,(H2,15,16,17,18). The summed E-state index contributed by atoms with van der Waals surface area (Å²) in [4.78, 5) is 11.1. The average Bonchev–Trinajstić information content (AvgIpc) is 2.35. The highest BCUT2D eigenvalue weighted by Gasteiger charge is 2.12. The van der Waals surface area contributed by atoms with Gasteiger partial charge in [-0.05, 0) is 34.6 Å². The second-order valence-corrected chi connectivity index (χ2v) is 5.33. The molecule has 0 radical (unpaired) electrons. The first-order valence-corrected chi connectivity index (χ1v) is 6.96. The van der Waals surface area contributed by atoms with Crippen molar-refractivity contribution in [1.82, 2.24) is 14.9 Å². The molecule has 0 atom stereocenters. The molecule has 1 heterocycles. The summed E-state index contributed by atoms with van der Waals surface area (Å²) in [6, 6.07) is 1.11. The highest BCUT2D eigenvalue weighted by molar-refractivity contribution is 5.46. The first-order valence-electron chi connectivity index (χ1n) is 6.96. The highest BCUT2D eigenvalue weighted by Crippen LogP contribution is 2.12. The van der Waals surface area contributed by atoms with Crippen molar-refractivity contribution in [2.45, 2.75) is 46.7 Å². The Morgan fingerprint density at radius 2 is 1.84 bits per heavy atom. The number of aromatic nitrogens is 2. The number of hydrogen-bond acceptors (Lipinski definition) is 5. The first kappa shape index (κ1) is 15.7. The second kappa shape index (κ2) is 7.28. The van der Waals surface area contributed by atoms with Crippen LogP contribution in [0.15, 0.2) is 6.20 Å². The summed E-state index contributed by atoms with van der Waals surface area (Å²) in [6.07, 6.45) is 1.84. The van der Waals surface area contributed by atoms with Crippen molar-refractivity contribution in [1.29, 1.82) is 0 Å². The molecule has 0 unspecified atom stereocenters. The Morgan fingerprint density at radius 1 is 1.21 bits per heavy atom. The smallest absolute Gasteiger partial charge is 0.224 e. The lowest BCUT2D eigenvalue weighted by atomic mass is 10.2. The normalized spacial score (nSPS) is 11.4. The van der Waals surface area contributed by atoms with Crippen LogP contribution in [0.5, 0.6) is 0 Å². The van der Waals surface area contributed by atoms with E-state index in [1.807, 2.05) is 20.2 Å². The zero-order valence-corrected chi connectivity index (χ0v) is 13.0. The number of aryl methyl sites for hydroxylation is 1. The molecule has 0 aliphatic carbocycles. The molecule has 0 bridgehead atoms. The van der Waals surface area contributed by atoms with Crippen LogP contribution in [0.2, 0.25) is 0 Å². The topological polar surface area (TPSA) is 53.1 Å². The average molecular weight is 265 g/mol. The molecule has 0 saturated carbocycles. The van der Waals surface area contributed by atoms with Crippen LogP contribution in [0.1, 0.15) is 33.3 Å². The van der Waals surface area contributed by atoms with Gasteiger partial charge in [-0.25, -0.2) is 4.98 Å². The van der Waals surface area contributed by atoms with Crippen molar-refractivity contribution in [3.05, 3.63) is 11.8 Å². The van der Waals surface area contributed by atoms with Crippen molar-refractivity contribution < 1.29 is 0 Å². The lowest BCUT2D eigenvalue weighted by Crippen LogP contribution is -2.40. The zero-order valence-electron chi connectivity index (χ0n) is 13.0. The number of nitrogens with one attached hydrogen (secondary N) is 2. The van der Waals surface area contributed by atoms with Crippen LogP contribution in [0.4, 0.5) is 11.8 Å². The second-order valence-electron chi connectivity index (χ2n) is 5.33. The number of hydrogen-bond donors (Lipinski definition) is 2. The van der Waals surface area contributed by atoms with Gasteiger partial charge in [0.25, 0.3) is 0 Å². The minimum absolute atomic E-state index is 0.557. The zero-order chi connectivity index (χ0) is 14.4. The largest absolute Gasteiger partial charge is 0.368 e. The summed E-state index contributed by atoms with van der Waals surface area (Å²) in [6.45, 7) is 12.8. The van der Waals surface area contributed by atoms with Crippen LogP contribution in [-0.2, 0) is 0 Å². The summed E-state index contributed by atoms with van der Waals surface area (Å²) < 4.78 is 0. The minimum Gasteiger partial charge on any atom is -0.368 e. The summed E-state index contributed by atoms with van der Waals surface area (Å²) in [5.41, 5.74) is 1.07. The molecule has 0 fully saturated rings. The van der Waals surface area contributed by atoms with E-state index in [1.54, 1.807) is 0 Å². The maximum Gasteiger partial charge on any atom is 0.224 e. The van der Waals surface area contributed by atoms with Gasteiger partial charge < -0.3 is 10.6 Å². The van der Waals surface area contributed by atoms with E-state index >= 15 is 0 Å². The van der Waals surface area contributed by atoms with Gasteiger partial charge in [-0.1, -0.05) is 0 Å². The fraction of sp³-hybridized carbons (Fsp3) is 0.714. The predicted octanol–water partition coefficient (Wildman–Crippen LogP) is 2.36. The predicted molar refractivity (Wildman–Crippen MR) is 81.8 cm³/mol. The summed E-state index contributed by atoms with van der Waals surface area (Å²) in [5, 5.41) is 6.35. The third-order valence-corrected chi connectivity index (χ3v) is 3.18. The lowest BCUT2D eigenvalue weighted by Gasteiger charge is -2.30. The van der Waals surface area contributed by atoms with Gasteiger partial charge in [0.2, 0.25) is 5.95 Å². The van der Waals surface area contributed by atoms with E-state index in [2.05, 4.69) is 53.2 Å². The van der Waals surface area contributed by atoms with Crippen molar-refractivity contribution >= 4 is 11.8 Å². The third-order valence-electron chi connectivity index (χ3n) is 3.18. The third kappa shape index (κ3) is 4.67. The van der Waals surface area contributed by atoms with E-state index in [1.165, 1.54) is 0 Å². The van der Waals surface area contributed by atoms with E-state index in [0.29, 0.717) is 18.0 Å². The van der Waals surface area contributed by atoms with Crippen LogP contribution in [0, 0.1) is 6.92 Å². The molecule has 0 aliphatic rings. The van der Waals surface area contributed by atoms with Gasteiger partial charge in [0.15, 0.2) is 0 Å². The highest BCUT2D eigenvalue weighted by atomic mass is 15.2. The van der Waals surface area contributed by atoms with Crippen molar-refractivity contribution in [3.63, 3.8) is 0 Å². The molecule has 19 heavy (non-hydrogen) atoms. The van der Waals surface area contributed by atoms with Crippen LogP contribution < -0.4 is 10.6 Å². The molecule has 0 aliphatic heterocycles. The van der Waals surface area contributed by atoms with Crippen LogP contribution in [0.25, 0.3) is 0 Å². The fourth-order valence-corrected chi connectivity index (χ4v) is 2.16. The minimum atomic E-state index is 0.557. The maximum atomic E-state index is 4.43. The maximum absolute atomic E-state index is 4.43. The van der Waals surface area contributed by atoms with Gasteiger partial charge >= 0.3 is 0 Å². The molecular formula is C14H27N5.